The van der Waals surface area contributed by atoms with Crippen LogP contribution in [0.25, 0.3) is 0 Å². The highest BCUT2D eigenvalue weighted by Gasteiger charge is 2.81. The lowest BCUT2D eigenvalue weighted by molar-refractivity contribution is -0.396. The van der Waals surface area contributed by atoms with Gasteiger partial charge in [0, 0.05) is 19.6 Å². The molecule has 0 aromatic carbocycles. The van der Waals surface area contributed by atoms with Gasteiger partial charge in [-0.1, -0.05) is 38.5 Å². The van der Waals surface area contributed by atoms with Crippen LogP contribution in [-0.4, -0.2) is 43.4 Å². The van der Waals surface area contributed by atoms with Crippen molar-refractivity contribution in [3.63, 3.8) is 0 Å². The second kappa shape index (κ2) is 11.8. The lowest BCUT2D eigenvalue weighted by atomic mass is 9.97. The summed E-state index contributed by atoms with van der Waals surface area (Å²) in [6.07, 6.45) is -1.72. The van der Waals surface area contributed by atoms with Crippen LogP contribution >= 0.6 is 0 Å². The molecule has 1 heterocycles. The van der Waals surface area contributed by atoms with Gasteiger partial charge in [0.2, 0.25) is 0 Å². The molecule has 1 aliphatic rings. The molecule has 11 heteroatoms. The van der Waals surface area contributed by atoms with Gasteiger partial charge in [-0.3, -0.25) is 0 Å². The third kappa shape index (κ3) is 7.76. The van der Waals surface area contributed by atoms with Crippen LogP contribution in [0.15, 0.2) is 0 Å². The quantitative estimate of drug-likeness (QED) is 0.197. The Hall–Kier alpha value is -0.710. The van der Waals surface area contributed by atoms with Gasteiger partial charge in [0.1, 0.15) is 0 Å². The van der Waals surface area contributed by atoms with E-state index >= 15 is 0 Å². The average molecular weight is 460 g/mol. The van der Waals surface area contributed by atoms with Gasteiger partial charge in [-0.05, 0) is 32.1 Å². The first kappa shape index (κ1) is 27.3. The molecule has 0 N–H and O–H groups in total. The number of halogens is 9. The summed E-state index contributed by atoms with van der Waals surface area (Å²) in [4.78, 5) is 0. The Morgan fingerprint density at radius 1 is 0.667 bits per heavy atom. The van der Waals surface area contributed by atoms with Crippen LogP contribution in [0.4, 0.5) is 39.5 Å². The van der Waals surface area contributed by atoms with Gasteiger partial charge in [0.15, 0.2) is 6.29 Å². The fourth-order valence-electron chi connectivity index (χ4n) is 3.13. The minimum atomic E-state index is -6.80. The first-order chi connectivity index (χ1) is 13.8. The van der Waals surface area contributed by atoms with Crippen molar-refractivity contribution >= 4 is 0 Å². The molecule has 1 aliphatic heterocycles. The van der Waals surface area contributed by atoms with Crippen molar-refractivity contribution in [2.45, 2.75) is 107 Å². The predicted molar refractivity (Wildman–Crippen MR) is 92.0 cm³/mol. The lowest BCUT2D eigenvalue weighted by Gasteiger charge is -2.33. The van der Waals surface area contributed by atoms with Crippen molar-refractivity contribution < 1.29 is 49.0 Å². The Morgan fingerprint density at radius 3 is 1.70 bits per heavy atom. The minimum absolute atomic E-state index is 0.0470. The van der Waals surface area contributed by atoms with Gasteiger partial charge in [0.05, 0.1) is 0 Å². The molecule has 2 nitrogen and oxygen atoms in total. The molecule has 1 saturated heterocycles. The van der Waals surface area contributed by atoms with Gasteiger partial charge in [-0.25, -0.2) is 0 Å². The molecule has 1 atom stereocenters. The highest BCUT2D eigenvalue weighted by atomic mass is 19.4. The fourth-order valence-corrected chi connectivity index (χ4v) is 3.13. The van der Waals surface area contributed by atoms with Gasteiger partial charge in [-0.15, -0.1) is 0 Å². The molecule has 0 aromatic heterocycles. The van der Waals surface area contributed by atoms with E-state index in [0.717, 1.165) is 44.9 Å². The average Bonchev–Trinajstić information content (AvgIpc) is 2.65. The number of hydrogen-bond donors (Lipinski definition) is 0. The smallest absolute Gasteiger partial charge is 0.353 e. The van der Waals surface area contributed by atoms with Gasteiger partial charge in [-0.2, -0.15) is 39.5 Å². The Kier molecular flexibility index (Phi) is 10.7. The molecule has 1 rings (SSSR count). The van der Waals surface area contributed by atoms with Crippen LogP contribution in [0.1, 0.15) is 77.0 Å². The second-order valence-corrected chi connectivity index (χ2v) is 7.60. The third-order valence-electron chi connectivity index (χ3n) is 5.04. The zero-order chi connectivity index (χ0) is 22.9. The highest BCUT2D eigenvalue weighted by Crippen LogP contribution is 2.54. The topological polar surface area (TPSA) is 18.5 Å². The SMILES string of the molecule is FC(F)(F)C(F)(F)C(F)(F)C(F)(F)CCCCCCCCCCOC1CCCCO1. The van der Waals surface area contributed by atoms with E-state index in [9.17, 15) is 39.5 Å². The molecular formula is C19H29F9O2. The third-order valence-corrected chi connectivity index (χ3v) is 5.04. The maximum atomic E-state index is 13.4. The molecule has 0 spiro atoms. The van der Waals surface area contributed by atoms with Gasteiger partial charge >= 0.3 is 23.9 Å². The highest BCUT2D eigenvalue weighted by molar-refractivity contribution is 5.00. The van der Waals surface area contributed by atoms with E-state index in [-0.39, 0.29) is 12.7 Å². The second-order valence-electron chi connectivity index (χ2n) is 7.60. The van der Waals surface area contributed by atoms with E-state index in [2.05, 4.69) is 0 Å². The summed E-state index contributed by atoms with van der Waals surface area (Å²) < 4.78 is 126. The van der Waals surface area contributed by atoms with Crippen molar-refractivity contribution in [3.8, 4) is 0 Å². The first-order valence-electron chi connectivity index (χ1n) is 10.3. The van der Waals surface area contributed by atoms with E-state index in [4.69, 9.17) is 9.47 Å². The number of rotatable bonds is 14. The monoisotopic (exact) mass is 460 g/mol. The Morgan fingerprint density at radius 2 is 1.20 bits per heavy atom. The normalized spacial score (nSPS) is 19.3. The van der Waals surface area contributed by atoms with Crippen molar-refractivity contribution in [2.24, 2.45) is 0 Å². The van der Waals surface area contributed by atoms with Gasteiger partial charge < -0.3 is 9.47 Å². The van der Waals surface area contributed by atoms with E-state index in [1.807, 2.05) is 0 Å². The maximum Gasteiger partial charge on any atom is 0.460 e. The van der Waals surface area contributed by atoms with Crippen molar-refractivity contribution in [3.05, 3.63) is 0 Å². The van der Waals surface area contributed by atoms with Crippen molar-refractivity contribution in [2.75, 3.05) is 13.2 Å². The van der Waals surface area contributed by atoms with Crippen LogP contribution < -0.4 is 0 Å². The molecule has 180 valence electrons. The molecule has 0 amide bonds. The summed E-state index contributed by atoms with van der Waals surface area (Å²) in [5.74, 6) is -18.7. The van der Waals surface area contributed by atoms with Crippen LogP contribution in [-0.2, 0) is 9.47 Å². The molecule has 1 fully saturated rings. The zero-order valence-electron chi connectivity index (χ0n) is 16.7. The Labute approximate surface area is 170 Å². The maximum absolute atomic E-state index is 13.4. The van der Waals surface area contributed by atoms with Crippen molar-refractivity contribution in [1.29, 1.82) is 0 Å². The molecule has 0 aliphatic carbocycles. The molecule has 1 unspecified atom stereocenters. The Balaban J connectivity index is 2.11. The van der Waals surface area contributed by atoms with E-state index < -0.39 is 36.8 Å². The summed E-state index contributed by atoms with van der Waals surface area (Å²) in [6.45, 7) is 1.29. The van der Waals surface area contributed by atoms with Crippen LogP contribution in [0.5, 0.6) is 0 Å². The number of unbranched alkanes of at least 4 members (excludes halogenated alkanes) is 7. The van der Waals surface area contributed by atoms with E-state index in [1.165, 1.54) is 0 Å². The van der Waals surface area contributed by atoms with Crippen LogP contribution in [0.2, 0.25) is 0 Å². The van der Waals surface area contributed by atoms with E-state index in [0.29, 0.717) is 26.1 Å². The van der Waals surface area contributed by atoms with Crippen LogP contribution in [0, 0.1) is 0 Å². The summed E-state index contributed by atoms with van der Waals surface area (Å²) in [6, 6.07) is 0. The molecule has 0 aromatic rings. The number of hydrogen-bond acceptors (Lipinski definition) is 2. The summed E-state index contributed by atoms with van der Waals surface area (Å²) >= 11 is 0. The summed E-state index contributed by atoms with van der Waals surface area (Å²) in [5, 5.41) is 0. The molecule has 0 radical (unpaired) electrons. The summed E-state index contributed by atoms with van der Waals surface area (Å²) in [5.41, 5.74) is 0. The summed E-state index contributed by atoms with van der Waals surface area (Å²) in [7, 11) is 0. The minimum Gasteiger partial charge on any atom is -0.353 e. The van der Waals surface area contributed by atoms with Crippen molar-refractivity contribution in [1.82, 2.24) is 0 Å². The molecular weight excluding hydrogens is 431 g/mol. The molecule has 0 bridgehead atoms. The molecule has 0 saturated carbocycles. The molecule has 30 heavy (non-hydrogen) atoms. The standard InChI is InChI=1S/C19H29F9O2/c20-16(21,17(22,23)18(24,25)19(26,27)28)12-8-5-3-1-2-4-6-9-13-29-15-11-7-10-14-30-15/h15H,1-14H2. The first-order valence-corrected chi connectivity index (χ1v) is 10.3. The lowest BCUT2D eigenvalue weighted by Crippen LogP contribution is -2.60. The van der Waals surface area contributed by atoms with Crippen LogP contribution in [0.3, 0.4) is 0 Å². The largest absolute Gasteiger partial charge is 0.460 e. The zero-order valence-corrected chi connectivity index (χ0v) is 16.7. The predicted octanol–water partition coefficient (Wildman–Crippen LogP) is 7.51. The van der Waals surface area contributed by atoms with Gasteiger partial charge in [0.25, 0.3) is 0 Å². The number of alkyl halides is 9. The van der Waals surface area contributed by atoms with E-state index in [1.54, 1.807) is 0 Å². The fraction of sp³-hybridized carbons (Fsp3) is 1.00. The number of ether oxygens (including phenoxy) is 2. The Bertz CT molecular complexity index is 475.